The van der Waals surface area contributed by atoms with Gasteiger partial charge in [0, 0.05) is 5.69 Å². The van der Waals surface area contributed by atoms with E-state index in [0.29, 0.717) is 17.5 Å². The summed E-state index contributed by atoms with van der Waals surface area (Å²) in [6.07, 6.45) is 2.99. The number of nitrogens with zero attached hydrogens (tertiary/aromatic N) is 2. The first-order valence-electron chi connectivity index (χ1n) is 9.12. The van der Waals surface area contributed by atoms with Gasteiger partial charge in [0.05, 0.1) is 25.2 Å². The highest BCUT2D eigenvalue weighted by Crippen LogP contribution is 2.28. The smallest absolute Gasteiger partial charge is 0.275 e. The van der Waals surface area contributed by atoms with Gasteiger partial charge in [-0.15, -0.1) is 0 Å². The summed E-state index contributed by atoms with van der Waals surface area (Å²) in [7, 11) is 1.61. The summed E-state index contributed by atoms with van der Waals surface area (Å²) in [5.41, 5.74) is 3.97. The minimum Gasteiger partial charge on any atom is -0.495 e. The predicted molar refractivity (Wildman–Crippen MR) is 112 cm³/mol. The quantitative estimate of drug-likeness (QED) is 0.639. The number of methoxy groups -OCH3 is 1. The molecule has 144 valence electrons. The van der Waals surface area contributed by atoms with E-state index in [1.165, 1.54) is 12.4 Å². The highest BCUT2D eigenvalue weighted by molar-refractivity contribution is 6.03. The van der Waals surface area contributed by atoms with Gasteiger partial charge in [0.25, 0.3) is 5.91 Å². The molecule has 0 saturated heterocycles. The van der Waals surface area contributed by atoms with Gasteiger partial charge in [0.2, 0.25) is 0 Å². The van der Waals surface area contributed by atoms with Crippen molar-refractivity contribution in [3.8, 4) is 5.75 Å². The molecule has 3 aromatic rings. The number of rotatable bonds is 6. The van der Waals surface area contributed by atoms with Gasteiger partial charge in [0.1, 0.15) is 17.3 Å². The van der Waals surface area contributed by atoms with Gasteiger partial charge in [-0.2, -0.15) is 0 Å². The molecule has 1 amide bonds. The first-order valence-corrected chi connectivity index (χ1v) is 9.12. The third-order valence-electron chi connectivity index (χ3n) is 4.42. The van der Waals surface area contributed by atoms with E-state index in [4.69, 9.17) is 4.74 Å². The normalized spacial score (nSPS) is 10.6. The van der Waals surface area contributed by atoms with Crippen molar-refractivity contribution in [3.63, 3.8) is 0 Å². The molecule has 0 aliphatic heterocycles. The van der Waals surface area contributed by atoms with Crippen LogP contribution in [0.5, 0.6) is 5.75 Å². The molecule has 2 aromatic carbocycles. The first-order chi connectivity index (χ1) is 13.5. The van der Waals surface area contributed by atoms with Crippen LogP contribution < -0.4 is 15.4 Å². The molecule has 6 heteroatoms. The van der Waals surface area contributed by atoms with Crippen LogP contribution in [0, 0.1) is 6.92 Å². The van der Waals surface area contributed by atoms with Crippen LogP contribution in [-0.2, 0) is 0 Å². The topological polar surface area (TPSA) is 76.1 Å². The third-order valence-corrected chi connectivity index (χ3v) is 4.42. The number of hydrogen-bond acceptors (Lipinski definition) is 5. The Kier molecular flexibility index (Phi) is 5.89. The minimum atomic E-state index is -0.285. The fourth-order valence-electron chi connectivity index (χ4n) is 2.92. The van der Waals surface area contributed by atoms with Crippen LogP contribution in [0.25, 0.3) is 0 Å². The van der Waals surface area contributed by atoms with Gasteiger partial charge in [-0.25, -0.2) is 9.97 Å². The van der Waals surface area contributed by atoms with Crippen LogP contribution >= 0.6 is 0 Å². The van der Waals surface area contributed by atoms with Crippen LogP contribution in [0.3, 0.4) is 0 Å². The second kappa shape index (κ2) is 8.52. The molecule has 0 saturated carbocycles. The highest BCUT2D eigenvalue weighted by atomic mass is 16.5. The number of benzene rings is 2. The first kappa shape index (κ1) is 19.4. The monoisotopic (exact) mass is 376 g/mol. The van der Waals surface area contributed by atoms with Crippen molar-refractivity contribution in [2.75, 3.05) is 17.7 Å². The average Bonchev–Trinajstić information content (AvgIpc) is 2.70. The summed E-state index contributed by atoms with van der Waals surface area (Å²) < 4.78 is 5.31. The number of nitrogens with one attached hydrogen (secondary N) is 2. The summed E-state index contributed by atoms with van der Waals surface area (Å²) >= 11 is 0. The standard InChI is InChI=1S/C22H24N4O2/c1-14(2)16-9-7-8-15(3)21(16)26-22(27)18-12-24-20(13-23-18)25-17-10-5-6-11-19(17)28-4/h5-14H,1-4H3,(H,24,25)(H,26,27). The number of amides is 1. The Morgan fingerprint density at radius 3 is 2.50 bits per heavy atom. The molecule has 0 aliphatic rings. The Morgan fingerprint density at radius 2 is 1.82 bits per heavy atom. The molecule has 0 radical (unpaired) electrons. The minimum absolute atomic E-state index is 0.253. The molecule has 0 bridgehead atoms. The van der Waals surface area contributed by atoms with Gasteiger partial charge in [-0.1, -0.05) is 44.2 Å². The van der Waals surface area contributed by atoms with Crippen molar-refractivity contribution >= 4 is 23.1 Å². The lowest BCUT2D eigenvalue weighted by atomic mass is 9.98. The largest absolute Gasteiger partial charge is 0.495 e. The van der Waals surface area contributed by atoms with Crippen molar-refractivity contribution in [1.29, 1.82) is 0 Å². The maximum atomic E-state index is 12.7. The Bertz CT molecular complexity index is 969. The molecule has 1 aromatic heterocycles. The number of carbonyl (C=O) groups is 1. The van der Waals surface area contributed by atoms with E-state index in [-0.39, 0.29) is 11.6 Å². The number of ether oxygens (including phenoxy) is 1. The number of hydrogen-bond donors (Lipinski definition) is 2. The summed E-state index contributed by atoms with van der Waals surface area (Å²) in [4.78, 5) is 21.2. The summed E-state index contributed by atoms with van der Waals surface area (Å²) in [5.74, 6) is 1.24. The van der Waals surface area contributed by atoms with Crippen LogP contribution in [0.4, 0.5) is 17.2 Å². The van der Waals surface area contributed by atoms with E-state index in [0.717, 1.165) is 22.5 Å². The Hall–Kier alpha value is -3.41. The molecule has 1 heterocycles. The SMILES string of the molecule is COc1ccccc1Nc1cnc(C(=O)Nc2c(C)cccc2C(C)C)cn1. The molecular weight excluding hydrogens is 352 g/mol. The zero-order valence-electron chi connectivity index (χ0n) is 16.5. The lowest BCUT2D eigenvalue weighted by Crippen LogP contribution is -2.16. The Labute approximate surface area is 165 Å². The fourth-order valence-corrected chi connectivity index (χ4v) is 2.92. The molecule has 28 heavy (non-hydrogen) atoms. The lowest BCUT2D eigenvalue weighted by molar-refractivity contribution is 0.102. The number of anilines is 3. The zero-order chi connectivity index (χ0) is 20.1. The van der Waals surface area contributed by atoms with Crippen LogP contribution in [0.2, 0.25) is 0 Å². The van der Waals surface area contributed by atoms with E-state index < -0.39 is 0 Å². The Balaban J connectivity index is 1.76. The average molecular weight is 376 g/mol. The summed E-state index contributed by atoms with van der Waals surface area (Å²) in [6, 6.07) is 13.5. The molecular formula is C22H24N4O2. The van der Waals surface area contributed by atoms with Crippen molar-refractivity contribution in [1.82, 2.24) is 9.97 Å². The zero-order valence-corrected chi connectivity index (χ0v) is 16.5. The van der Waals surface area contributed by atoms with E-state index in [9.17, 15) is 4.79 Å². The second-order valence-corrected chi connectivity index (χ2v) is 6.76. The van der Waals surface area contributed by atoms with Gasteiger partial charge in [-0.05, 0) is 36.1 Å². The molecule has 0 aliphatic carbocycles. The maximum absolute atomic E-state index is 12.7. The number of carbonyl (C=O) groups excluding carboxylic acids is 1. The van der Waals surface area contributed by atoms with E-state index in [2.05, 4.69) is 34.4 Å². The second-order valence-electron chi connectivity index (χ2n) is 6.76. The molecule has 0 fully saturated rings. The van der Waals surface area contributed by atoms with Gasteiger partial charge in [-0.3, -0.25) is 4.79 Å². The molecule has 3 rings (SSSR count). The highest BCUT2D eigenvalue weighted by Gasteiger charge is 2.15. The molecule has 6 nitrogen and oxygen atoms in total. The molecule has 0 unspecified atom stereocenters. The van der Waals surface area contributed by atoms with Gasteiger partial charge in [0.15, 0.2) is 0 Å². The number of aryl methyl sites for hydroxylation is 1. The molecule has 0 atom stereocenters. The van der Waals surface area contributed by atoms with Crippen LogP contribution in [0.1, 0.15) is 41.4 Å². The molecule has 0 spiro atoms. The predicted octanol–water partition coefficient (Wildman–Crippen LogP) is 4.91. The van der Waals surface area contributed by atoms with Crippen molar-refractivity contribution in [2.45, 2.75) is 26.7 Å². The van der Waals surface area contributed by atoms with Gasteiger partial charge >= 0.3 is 0 Å². The summed E-state index contributed by atoms with van der Waals surface area (Å²) in [6.45, 7) is 6.18. The van der Waals surface area contributed by atoms with Crippen molar-refractivity contribution in [3.05, 3.63) is 71.7 Å². The van der Waals surface area contributed by atoms with Crippen LogP contribution in [-0.4, -0.2) is 23.0 Å². The number of aromatic nitrogens is 2. The lowest BCUT2D eigenvalue weighted by Gasteiger charge is -2.16. The summed E-state index contributed by atoms with van der Waals surface area (Å²) in [5, 5.41) is 6.12. The van der Waals surface area contributed by atoms with Crippen LogP contribution in [0.15, 0.2) is 54.9 Å². The van der Waals surface area contributed by atoms with Gasteiger partial charge < -0.3 is 15.4 Å². The van der Waals surface area contributed by atoms with E-state index >= 15 is 0 Å². The molecule has 2 N–H and O–H groups in total. The van der Waals surface area contributed by atoms with E-state index in [1.54, 1.807) is 7.11 Å². The van der Waals surface area contributed by atoms with E-state index in [1.807, 2.05) is 49.4 Å². The Morgan fingerprint density at radius 1 is 1.04 bits per heavy atom. The van der Waals surface area contributed by atoms with Crippen molar-refractivity contribution < 1.29 is 9.53 Å². The maximum Gasteiger partial charge on any atom is 0.275 e. The third kappa shape index (κ3) is 4.28. The number of para-hydroxylation sites is 3. The fraction of sp³-hybridized carbons (Fsp3) is 0.227. The van der Waals surface area contributed by atoms with Crippen molar-refractivity contribution in [2.24, 2.45) is 0 Å².